The minimum Gasteiger partial charge on any atom is -0.364 e. The quantitative estimate of drug-likeness (QED) is 0.563. The van der Waals surface area contributed by atoms with Crippen LogP contribution in [0.2, 0.25) is 0 Å². The summed E-state index contributed by atoms with van der Waals surface area (Å²) in [7, 11) is 0. The van der Waals surface area contributed by atoms with E-state index in [1.165, 1.54) is 32.7 Å². The fourth-order valence-corrected chi connectivity index (χ4v) is 3.36. The monoisotopic (exact) mass is 319 g/mol. The molecule has 0 bridgehead atoms. The van der Waals surface area contributed by atoms with Gasteiger partial charge in [0.15, 0.2) is 4.77 Å². The highest BCUT2D eigenvalue weighted by molar-refractivity contribution is 7.71. The highest BCUT2D eigenvalue weighted by atomic mass is 32.1. The molecule has 3 rings (SSSR count). The molecule has 0 amide bonds. The van der Waals surface area contributed by atoms with Gasteiger partial charge in [-0.25, -0.2) is 4.98 Å². The summed E-state index contributed by atoms with van der Waals surface area (Å²) in [6, 6.07) is 8.16. The molecule has 5 nitrogen and oxygen atoms in total. The van der Waals surface area contributed by atoms with E-state index in [0.29, 0.717) is 4.77 Å². The highest BCUT2D eigenvalue weighted by Gasteiger charge is 2.20. The van der Waals surface area contributed by atoms with E-state index >= 15 is 0 Å². The van der Waals surface area contributed by atoms with Gasteiger partial charge in [-0.1, -0.05) is 12.1 Å². The SMILES string of the molecule is CC[NH+]1CC[NH+](CCNc2nc(=S)[nH]c3ccccc23)CC1. The number of benzene rings is 1. The van der Waals surface area contributed by atoms with Gasteiger partial charge in [-0.05, 0) is 31.3 Å². The number of rotatable bonds is 5. The number of nitrogens with zero attached hydrogens (tertiary/aromatic N) is 1. The standard InChI is InChI=1S/C16H23N5S/c1-2-20-9-11-21(12-10-20)8-7-17-15-13-5-3-4-6-14(13)18-16(22)19-15/h3-6H,2,7-12H2,1H3,(H2,17,18,19,22)/p+2. The van der Waals surface area contributed by atoms with Crippen molar-refractivity contribution in [1.82, 2.24) is 9.97 Å². The zero-order valence-electron chi connectivity index (χ0n) is 13.1. The maximum Gasteiger partial charge on any atom is 0.199 e. The van der Waals surface area contributed by atoms with Crippen LogP contribution in [0, 0.1) is 4.77 Å². The van der Waals surface area contributed by atoms with Crippen molar-refractivity contribution in [3.63, 3.8) is 0 Å². The highest BCUT2D eigenvalue weighted by Crippen LogP contribution is 2.18. The van der Waals surface area contributed by atoms with Crippen LogP contribution in [-0.4, -0.2) is 55.8 Å². The normalized spacial score (nSPS) is 21.9. The lowest BCUT2D eigenvalue weighted by atomic mass is 10.2. The maximum absolute atomic E-state index is 5.21. The van der Waals surface area contributed by atoms with Crippen molar-refractivity contribution in [3.05, 3.63) is 29.0 Å². The molecule has 4 N–H and O–H groups in total. The number of aromatic nitrogens is 2. The molecule has 0 unspecified atom stereocenters. The second-order valence-electron chi connectivity index (χ2n) is 5.97. The van der Waals surface area contributed by atoms with Gasteiger partial charge in [0, 0.05) is 5.39 Å². The summed E-state index contributed by atoms with van der Waals surface area (Å²) in [5.74, 6) is 0.900. The van der Waals surface area contributed by atoms with Gasteiger partial charge in [-0.15, -0.1) is 0 Å². The Bertz CT molecular complexity index is 676. The van der Waals surface area contributed by atoms with E-state index in [-0.39, 0.29) is 0 Å². The maximum atomic E-state index is 5.21. The van der Waals surface area contributed by atoms with E-state index in [1.807, 2.05) is 18.2 Å². The first kappa shape index (κ1) is 15.4. The number of piperazine rings is 1. The van der Waals surface area contributed by atoms with Gasteiger partial charge in [0.1, 0.15) is 32.0 Å². The first-order valence-electron chi connectivity index (χ1n) is 8.16. The summed E-state index contributed by atoms with van der Waals surface area (Å²) in [5, 5.41) is 4.58. The van der Waals surface area contributed by atoms with E-state index in [1.54, 1.807) is 9.80 Å². The van der Waals surface area contributed by atoms with Gasteiger partial charge in [-0.3, -0.25) is 0 Å². The number of para-hydroxylation sites is 1. The molecule has 1 aliphatic heterocycles. The van der Waals surface area contributed by atoms with Crippen molar-refractivity contribution in [2.75, 3.05) is 51.1 Å². The van der Waals surface area contributed by atoms with E-state index < -0.39 is 0 Å². The largest absolute Gasteiger partial charge is 0.364 e. The Kier molecular flexibility index (Phi) is 5.02. The fraction of sp³-hybridized carbons (Fsp3) is 0.500. The number of nitrogens with one attached hydrogen (secondary N) is 4. The molecule has 1 aromatic heterocycles. The van der Waals surface area contributed by atoms with Crippen LogP contribution in [0.4, 0.5) is 5.82 Å². The van der Waals surface area contributed by atoms with Crippen LogP contribution >= 0.6 is 12.2 Å². The van der Waals surface area contributed by atoms with Crippen molar-refractivity contribution in [3.8, 4) is 0 Å². The van der Waals surface area contributed by atoms with Crippen molar-refractivity contribution in [2.45, 2.75) is 6.92 Å². The second-order valence-corrected chi connectivity index (χ2v) is 6.35. The van der Waals surface area contributed by atoms with Crippen molar-refractivity contribution in [2.24, 2.45) is 0 Å². The third-order valence-electron chi connectivity index (χ3n) is 4.57. The Balaban J connectivity index is 1.59. The number of hydrogen-bond acceptors (Lipinski definition) is 3. The predicted octanol–water partition coefficient (Wildman–Crippen LogP) is -0.492. The average molecular weight is 319 g/mol. The third-order valence-corrected chi connectivity index (χ3v) is 4.77. The average Bonchev–Trinajstić information content (AvgIpc) is 2.55. The molecule has 0 radical (unpaired) electrons. The van der Waals surface area contributed by atoms with Gasteiger partial charge in [-0.2, -0.15) is 0 Å². The van der Waals surface area contributed by atoms with Crippen molar-refractivity contribution in [1.29, 1.82) is 0 Å². The zero-order chi connectivity index (χ0) is 15.4. The number of anilines is 1. The lowest BCUT2D eigenvalue weighted by molar-refractivity contribution is -1.01. The minimum atomic E-state index is 0.536. The molecule has 0 spiro atoms. The van der Waals surface area contributed by atoms with Crippen molar-refractivity contribution >= 4 is 28.9 Å². The summed E-state index contributed by atoms with van der Waals surface area (Å²) in [4.78, 5) is 11.0. The van der Waals surface area contributed by atoms with Crippen LogP contribution < -0.4 is 15.1 Å². The number of hydrogen-bond donors (Lipinski definition) is 4. The van der Waals surface area contributed by atoms with Crippen molar-refractivity contribution < 1.29 is 9.80 Å². The molecule has 0 saturated carbocycles. The molecule has 1 aromatic carbocycles. The fourth-order valence-electron chi connectivity index (χ4n) is 3.16. The number of fused-ring (bicyclic) bond motifs is 1. The molecule has 2 aromatic rings. The summed E-state index contributed by atoms with van der Waals surface area (Å²) in [5.41, 5.74) is 1.04. The van der Waals surface area contributed by atoms with Gasteiger partial charge >= 0.3 is 0 Å². The van der Waals surface area contributed by atoms with Gasteiger partial charge in [0.2, 0.25) is 0 Å². The lowest BCUT2D eigenvalue weighted by Crippen LogP contribution is -3.28. The summed E-state index contributed by atoms with van der Waals surface area (Å²) in [6.07, 6.45) is 0. The topological polar surface area (TPSA) is 49.6 Å². The first-order valence-corrected chi connectivity index (χ1v) is 8.57. The molecule has 1 aliphatic rings. The zero-order valence-corrected chi connectivity index (χ0v) is 13.9. The Hall–Kier alpha value is -1.50. The van der Waals surface area contributed by atoms with Crippen LogP contribution in [0.3, 0.4) is 0 Å². The number of quaternary nitrogens is 2. The molecule has 0 aliphatic carbocycles. The number of likely N-dealkylation sites (N-methyl/N-ethyl adjacent to an activating group) is 1. The van der Waals surface area contributed by atoms with Gasteiger partial charge < -0.3 is 20.1 Å². The van der Waals surface area contributed by atoms with Crippen LogP contribution in [0.15, 0.2) is 24.3 Å². The van der Waals surface area contributed by atoms with Gasteiger partial charge in [0.05, 0.1) is 25.2 Å². The van der Waals surface area contributed by atoms with Crippen LogP contribution in [0.25, 0.3) is 10.9 Å². The first-order chi connectivity index (χ1) is 10.8. The van der Waals surface area contributed by atoms with E-state index in [2.05, 4.69) is 28.3 Å². The molecule has 0 atom stereocenters. The summed E-state index contributed by atoms with van der Waals surface area (Å²) in [6.45, 7) is 10.7. The lowest BCUT2D eigenvalue weighted by Gasteiger charge is -2.29. The minimum absolute atomic E-state index is 0.536. The third kappa shape index (κ3) is 3.63. The molecule has 2 heterocycles. The van der Waals surface area contributed by atoms with E-state index in [4.69, 9.17) is 12.2 Å². The van der Waals surface area contributed by atoms with Crippen LogP contribution in [0.5, 0.6) is 0 Å². The summed E-state index contributed by atoms with van der Waals surface area (Å²) >= 11 is 5.21. The van der Waals surface area contributed by atoms with E-state index in [0.717, 1.165) is 29.8 Å². The molecule has 118 valence electrons. The van der Waals surface area contributed by atoms with Gasteiger partial charge in [0.25, 0.3) is 0 Å². The van der Waals surface area contributed by atoms with Crippen LogP contribution in [-0.2, 0) is 0 Å². The smallest absolute Gasteiger partial charge is 0.199 e. The molecule has 22 heavy (non-hydrogen) atoms. The Labute approximate surface area is 136 Å². The van der Waals surface area contributed by atoms with Crippen LogP contribution in [0.1, 0.15) is 6.92 Å². The van der Waals surface area contributed by atoms with E-state index in [9.17, 15) is 0 Å². The molecule has 1 saturated heterocycles. The molecule has 6 heteroatoms. The number of H-pyrrole nitrogens is 1. The Morgan fingerprint density at radius 1 is 1.18 bits per heavy atom. The number of aromatic amines is 1. The Morgan fingerprint density at radius 3 is 2.68 bits per heavy atom. The second kappa shape index (κ2) is 7.17. The Morgan fingerprint density at radius 2 is 1.91 bits per heavy atom. The predicted molar refractivity (Wildman–Crippen MR) is 92.2 cm³/mol. The molecular weight excluding hydrogens is 294 g/mol. The summed E-state index contributed by atoms with van der Waals surface area (Å²) < 4.78 is 0.536. The molecular formula is C16H25N5S+2. The molecule has 1 fully saturated rings.